The summed E-state index contributed by atoms with van der Waals surface area (Å²) >= 11 is 0. The zero-order valence-electron chi connectivity index (χ0n) is 9.60. The van der Waals surface area contributed by atoms with Crippen LogP contribution in [-0.2, 0) is 4.79 Å². The van der Waals surface area contributed by atoms with Gasteiger partial charge in [-0.05, 0) is 36.7 Å². The molecule has 5 nitrogen and oxygen atoms in total. The van der Waals surface area contributed by atoms with E-state index < -0.39 is 5.97 Å². The molecular weight excluding hydrogens is 222 g/mol. The maximum atomic E-state index is 10.8. The number of rotatable bonds is 4. The monoisotopic (exact) mass is 237 g/mol. The highest BCUT2D eigenvalue weighted by Gasteiger charge is 2.21. The molecular formula is C12H15NO4. The Morgan fingerprint density at radius 2 is 2.12 bits per heavy atom. The quantitative estimate of drug-likeness (QED) is 0.823. The minimum absolute atomic E-state index is 0.0248. The van der Waals surface area contributed by atoms with Crippen LogP contribution in [0.2, 0.25) is 0 Å². The highest BCUT2D eigenvalue weighted by molar-refractivity contribution is 5.68. The summed E-state index contributed by atoms with van der Waals surface area (Å²) in [5.74, 6) is 0.325. The summed E-state index contributed by atoms with van der Waals surface area (Å²) in [5.41, 5.74) is 7.53. The molecule has 0 radical (unpaired) electrons. The largest absolute Gasteiger partial charge is 0.481 e. The number of carbonyl (C=O) groups is 1. The number of aryl methyl sites for hydroxylation is 1. The third-order valence-electron chi connectivity index (χ3n) is 2.91. The van der Waals surface area contributed by atoms with Gasteiger partial charge >= 0.3 is 5.97 Å². The molecule has 3 N–H and O–H groups in total. The number of hydrogen-bond donors (Lipinski definition) is 2. The Kier molecular flexibility index (Phi) is 3.19. The molecule has 0 aliphatic carbocycles. The summed E-state index contributed by atoms with van der Waals surface area (Å²) in [7, 11) is 0. The zero-order valence-corrected chi connectivity index (χ0v) is 9.60. The minimum atomic E-state index is -0.850. The predicted molar refractivity (Wildman–Crippen MR) is 61.4 cm³/mol. The second-order valence-electron chi connectivity index (χ2n) is 4.09. The van der Waals surface area contributed by atoms with Crippen LogP contribution in [0.15, 0.2) is 12.1 Å². The molecule has 0 spiro atoms. The van der Waals surface area contributed by atoms with Crippen LogP contribution in [0.1, 0.15) is 23.5 Å². The van der Waals surface area contributed by atoms with Crippen molar-refractivity contribution in [3.8, 4) is 11.5 Å². The van der Waals surface area contributed by atoms with Gasteiger partial charge in [0.05, 0.1) is 6.42 Å². The van der Waals surface area contributed by atoms with Crippen molar-refractivity contribution in [2.45, 2.75) is 19.3 Å². The number of aliphatic carboxylic acids is 1. The van der Waals surface area contributed by atoms with E-state index in [1.54, 1.807) is 0 Å². The molecule has 1 aromatic rings. The van der Waals surface area contributed by atoms with Gasteiger partial charge in [0.25, 0.3) is 0 Å². The van der Waals surface area contributed by atoms with E-state index in [0.717, 1.165) is 11.1 Å². The van der Waals surface area contributed by atoms with E-state index in [0.29, 0.717) is 18.0 Å². The fraction of sp³-hybridized carbons (Fsp3) is 0.417. The van der Waals surface area contributed by atoms with Crippen LogP contribution in [0, 0.1) is 6.92 Å². The van der Waals surface area contributed by atoms with Crippen molar-refractivity contribution in [2.75, 3.05) is 13.3 Å². The first kappa shape index (κ1) is 11.7. The Morgan fingerprint density at radius 3 is 2.71 bits per heavy atom. The number of carboxylic acids is 1. The van der Waals surface area contributed by atoms with Crippen molar-refractivity contribution in [2.24, 2.45) is 5.73 Å². The molecule has 1 aliphatic rings. The third kappa shape index (κ3) is 2.34. The van der Waals surface area contributed by atoms with Crippen LogP contribution in [0.5, 0.6) is 11.5 Å². The Bertz CT molecular complexity index is 444. The molecule has 0 bridgehead atoms. The molecule has 0 amide bonds. The van der Waals surface area contributed by atoms with Crippen LogP contribution in [0.4, 0.5) is 0 Å². The highest BCUT2D eigenvalue weighted by atomic mass is 16.7. The van der Waals surface area contributed by atoms with Crippen molar-refractivity contribution < 1.29 is 19.4 Å². The first-order chi connectivity index (χ1) is 8.11. The second-order valence-corrected chi connectivity index (χ2v) is 4.09. The van der Waals surface area contributed by atoms with Crippen molar-refractivity contribution in [3.63, 3.8) is 0 Å². The summed E-state index contributed by atoms with van der Waals surface area (Å²) in [6.07, 6.45) is 0.0248. The van der Waals surface area contributed by atoms with Gasteiger partial charge in [-0.3, -0.25) is 4.79 Å². The minimum Gasteiger partial charge on any atom is -0.481 e. The topological polar surface area (TPSA) is 81.8 Å². The van der Waals surface area contributed by atoms with Gasteiger partial charge in [0.2, 0.25) is 6.79 Å². The Morgan fingerprint density at radius 1 is 1.47 bits per heavy atom. The lowest BCUT2D eigenvalue weighted by molar-refractivity contribution is -0.137. The molecule has 1 heterocycles. The maximum Gasteiger partial charge on any atom is 0.304 e. The van der Waals surface area contributed by atoms with E-state index in [1.165, 1.54) is 0 Å². The summed E-state index contributed by atoms with van der Waals surface area (Å²) in [5, 5.41) is 8.85. The summed E-state index contributed by atoms with van der Waals surface area (Å²) in [6.45, 7) is 2.43. The van der Waals surface area contributed by atoms with E-state index in [9.17, 15) is 4.79 Å². The van der Waals surface area contributed by atoms with E-state index >= 15 is 0 Å². The SMILES string of the molecule is Cc1cc2c(cc1C(CN)CC(=O)O)OCO2. The summed E-state index contributed by atoms with van der Waals surface area (Å²) < 4.78 is 10.5. The molecule has 92 valence electrons. The molecule has 1 aromatic carbocycles. The van der Waals surface area contributed by atoms with E-state index in [1.807, 2.05) is 19.1 Å². The predicted octanol–water partition coefficient (Wildman–Crippen LogP) is 1.24. The molecule has 1 unspecified atom stereocenters. The van der Waals surface area contributed by atoms with E-state index in [-0.39, 0.29) is 19.1 Å². The van der Waals surface area contributed by atoms with Crippen LogP contribution >= 0.6 is 0 Å². The third-order valence-corrected chi connectivity index (χ3v) is 2.91. The summed E-state index contributed by atoms with van der Waals surface area (Å²) in [6, 6.07) is 3.69. The molecule has 17 heavy (non-hydrogen) atoms. The van der Waals surface area contributed by atoms with Gasteiger partial charge in [-0.15, -0.1) is 0 Å². The lowest BCUT2D eigenvalue weighted by Gasteiger charge is -2.16. The molecule has 5 heteroatoms. The van der Waals surface area contributed by atoms with Crippen molar-refractivity contribution in [1.29, 1.82) is 0 Å². The fourth-order valence-corrected chi connectivity index (χ4v) is 2.03. The molecule has 1 aliphatic heterocycles. The molecule has 1 atom stereocenters. The molecule has 0 saturated heterocycles. The van der Waals surface area contributed by atoms with Crippen molar-refractivity contribution in [3.05, 3.63) is 23.3 Å². The van der Waals surface area contributed by atoms with Gasteiger partial charge in [0, 0.05) is 5.92 Å². The van der Waals surface area contributed by atoms with Crippen LogP contribution in [-0.4, -0.2) is 24.4 Å². The standard InChI is InChI=1S/C12H15NO4/c1-7-2-10-11(17-6-16-10)4-9(7)8(5-13)3-12(14)15/h2,4,8H,3,5-6,13H2,1H3,(H,14,15). The van der Waals surface area contributed by atoms with Gasteiger partial charge in [-0.2, -0.15) is 0 Å². The van der Waals surface area contributed by atoms with Crippen molar-refractivity contribution in [1.82, 2.24) is 0 Å². The van der Waals surface area contributed by atoms with Crippen molar-refractivity contribution >= 4 is 5.97 Å². The molecule has 0 fully saturated rings. The first-order valence-electron chi connectivity index (χ1n) is 5.44. The average Bonchev–Trinajstić information content (AvgIpc) is 2.71. The number of ether oxygens (including phenoxy) is 2. The first-order valence-corrected chi connectivity index (χ1v) is 5.44. The lowest BCUT2D eigenvalue weighted by Crippen LogP contribution is -2.17. The number of benzene rings is 1. The average molecular weight is 237 g/mol. The smallest absolute Gasteiger partial charge is 0.304 e. The van der Waals surface area contributed by atoms with Crippen LogP contribution < -0.4 is 15.2 Å². The Hall–Kier alpha value is -1.75. The normalized spacial score (nSPS) is 14.7. The molecule has 0 saturated carbocycles. The zero-order chi connectivity index (χ0) is 12.4. The lowest BCUT2D eigenvalue weighted by atomic mass is 9.91. The molecule has 0 aromatic heterocycles. The van der Waals surface area contributed by atoms with Gasteiger partial charge in [0.15, 0.2) is 11.5 Å². The number of hydrogen-bond acceptors (Lipinski definition) is 4. The van der Waals surface area contributed by atoms with E-state index in [2.05, 4.69) is 0 Å². The maximum absolute atomic E-state index is 10.8. The Balaban J connectivity index is 2.33. The second kappa shape index (κ2) is 4.63. The van der Waals surface area contributed by atoms with Crippen LogP contribution in [0.25, 0.3) is 0 Å². The van der Waals surface area contributed by atoms with Gasteiger partial charge in [0.1, 0.15) is 0 Å². The van der Waals surface area contributed by atoms with Gasteiger partial charge < -0.3 is 20.3 Å². The number of carboxylic acid groups (broad SMARTS) is 1. The highest BCUT2D eigenvalue weighted by Crippen LogP contribution is 2.37. The summed E-state index contributed by atoms with van der Waals surface area (Å²) in [4.78, 5) is 10.8. The van der Waals surface area contributed by atoms with Crippen LogP contribution in [0.3, 0.4) is 0 Å². The van der Waals surface area contributed by atoms with Gasteiger partial charge in [-0.25, -0.2) is 0 Å². The Labute approximate surface area is 99.1 Å². The van der Waals surface area contributed by atoms with E-state index in [4.69, 9.17) is 20.3 Å². The van der Waals surface area contributed by atoms with Gasteiger partial charge in [-0.1, -0.05) is 0 Å². The number of fused-ring (bicyclic) bond motifs is 1. The molecule has 2 rings (SSSR count). The fourth-order valence-electron chi connectivity index (χ4n) is 2.03. The number of nitrogens with two attached hydrogens (primary N) is 1.